The summed E-state index contributed by atoms with van der Waals surface area (Å²) in [6, 6.07) is 8.52. The fraction of sp³-hybridized carbons (Fsp3) is 0.480. The number of hydrogen-bond donors (Lipinski definition) is 2. The van der Waals surface area contributed by atoms with Gasteiger partial charge < -0.3 is 20.1 Å². The summed E-state index contributed by atoms with van der Waals surface area (Å²) in [5.74, 6) is 2.58. The first-order valence-corrected chi connectivity index (χ1v) is 11.6. The van der Waals surface area contributed by atoms with E-state index < -0.39 is 0 Å². The van der Waals surface area contributed by atoms with Crippen LogP contribution in [0.25, 0.3) is 22.6 Å². The summed E-state index contributed by atoms with van der Waals surface area (Å²) in [6.07, 6.45) is 3.69. The Morgan fingerprint density at radius 1 is 1.03 bits per heavy atom. The van der Waals surface area contributed by atoms with Crippen molar-refractivity contribution < 1.29 is 4.52 Å². The van der Waals surface area contributed by atoms with Crippen molar-refractivity contribution in [2.45, 2.75) is 46.6 Å². The summed E-state index contributed by atoms with van der Waals surface area (Å²) in [4.78, 5) is 12.5. The van der Waals surface area contributed by atoms with Crippen molar-refractivity contribution in [3.63, 3.8) is 0 Å². The lowest BCUT2D eigenvalue weighted by Crippen LogP contribution is -2.31. The second-order valence-electron chi connectivity index (χ2n) is 8.57. The maximum absolute atomic E-state index is 5.48. The van der Waals surface area contributed by atoms with Crippen LogP contribution in [0.15, 0.2) is 28.8 Å². The molecule has 7 nitrogen and oxygen atoms in total. The monoisotopic (exact) mass is 434 g/mol. The van der Waals surface area contributed by atoms with Crippen molar-refractivity contribution in [1.82, 2.24) is 25.8 Å². The minimum absolute atomic E-state index is 0.753. The van der Waals surface area contributed by atoms with Gasteiger partial charge in [-0.15, -0.1) is 0 Å². The zero-order valence-corrected chi connectivity index (χ0v) is 19.7. The molecule has 2 N–H and O–H groups in total. The highest BCUT2D eigenvalue weighted by Gasteiger charge is 2.23. The predicted molar refractivity (Wildman–Crippen MR) is 129 cm³/mol. The fourth-order valence-electron chi connectivity index (χ4n) is 4.38. The van der Waals surface area contributed by atoms with Crippen LogP contribution in [-0.2, 0) is 6.54 Å². The van der Waals surface area contributed by atoms with E-state index in [0.29, 0.717) is 0 Å². The molecule has 0 spiro atoms. The van der Waals surface area contributed by atoms with Gasteiger partial charge in [0.15, 0.2) is 5.82 Å². The molecule has 3 heterocycles. The maximum Gasteiger partial charge on any atom is 0.162 e. The van der Waals surface area contributed by atoms with Gasteiger partial charge in [-0.25, -0.2) is 9.97 Å². The minimum atomic E-state index is 0.753. The summed E-state index contributed by atoms with van der Waals surface area (Å²) in [6.45, 7) is 10.8. The van der Waals surface area contributed by atoms with Crippen LogP contribution in [0, 0.1) is 20.8 Å². The summed E-state index contributed by atoms with van der Waals surface area (Å²) in [5, 5.41) is 10.8. The van der Waals surface area contributed by atoms with Crippen LogP contribution in [-0.4, -0.2) is 48.4 Å². The van der Waals surface area contributed by atoms with Gasteiger partial charge in [0.1, 0.15) is 11.6 Å². The molecule has 170 valence electrons. The third-order valence-electron chi connectivity index (χ3n) is 6.11. The van der Waals surface area contributed by atoms with Crippen LogP contribution < -0.4 is 15.5 Å². The summed E-state index contributed by atoms with van der Waals surface area (Å²) in [5.41, 5.74) is 6.11. The van der Waals surface area contributed by atoms with Crippen LogP contribution in [0.2, 0.25) is 0 Å². The third kappa shape index (κ3) is 4.84. The molecule has 1 aromatic carbocycles. The van der Waals surface area contributed by atoms with E-state index in [1.165, 1.54) is 24.8 Å². The van der Waals surface area contributed by atoms with Crippen molar-refractivity contribution >= 4 is 5.82 Å². The van der Waals surface area contributed by atoms with Gasteiger partial charge in [-0.3, -0.25) is 0 Å². The predicted octanol–water partition coefficient (Wildman–Crippen LogP) is 4.02. The van der Waals surface area contributed by atoms with E-state index in [2.05, 4.69) is 51.9 Å². The molecule has 0 atom stereocenters. The molecule has 0 bridgehead atoms. The van der Waals surface area contributed by atoms with E-state index in [1.807, 2.05) is 20.9 Å². The molecule has 4 rings (SSSR count). The molecule has 0 saturated carbocycles. The number of nitrogens with one attached hydrogen (secondary N) is 2. The van der Waals surface area contributed by atoms with Gasteiger partial charge in [0.05, 0.1) is 17.0 Å². The molecule has 0 amide bonds. The Hall–Kier alpha value is -2.77. The second kappa shape index (κ2) is 10.2. The Morgan fingerprint density at radius 3 is 2.56 bits per heavy atom. The number of aromatic nitrogens is 3. The van der Waals surface area contributed by atoms with Gasteiger partial charge in [-0.05, 0) is 58.7 Å². The Labute approximate surface area is 190 Å². The molecule has 1 saturated heterocycles. The number of piperidine rings is 1. The van der Waals surface area contributed by atoms with Crippen molar-refractivity contribution in [2.75, 3.05) is 38.1 Å². The van der Waals surface area contributed by atoms with E-state index in [0.717, 1.165) is 78.2 Å². The summed E-state index contributed by atoms with van der Waals surface area (Å²) in [7, 11) is 1.97. The molecule has 0 aliphatic carbocycles. The molecule has 0 unspecified atom stereocenters. The van der Waals surface area contributed by atoms with E-state index in [1.54, 1.807) is 0 Å². The number of benzene rings is 1. The number of likely N-dealkylation sites (N-methyl/N-ethyl adjacent to an activating group) is 1. The lowest BCUT2D eigenvalue weighted by atomic mass is 10.0. The average Bonchev–Trinajstić information content (AvgIpc) is 3.15. The standard InChI is InChI=1S/C25H34N6O/c1-17-23(22-18(2)30-32-19(22)3)28-24(29-25(17)31-13-6-5-7-14-31)21-10-8-9-20(15-21)16-27-12-11-26-4/h8-10,15,26-27H,5-7,11-14,16H2,1-4H3. The zero-order chi connectivity index (χ0) is 22.5. The fourth-order valence-corrected chi connectivity index (χ4v) is 4.38. The lowest BCUT2D eigenvalue weighted by molar-refractivity contribution is 0.393. The number of aryl methyl sites for hydroxylation is 2. The largest absolute Gasteiger partial charge is 0.361 e. The third-order valence-corrected chi connectivity index (χ3v) is 6.11. The van der Waals surface area contributed by atoms with E-state index in [4.69, 9.17) is 14.5 Å². The van der Waals surface area contributed by atoms with Gasteiger partial charge in [0.2, 0.25) is 0 Å². The Balaban J connectivity index is 1.76. The first-order valence-electron chi connectivity index (χ1n) is 11.6. The quantitative estimate of drug-likeness (QED) is 0.518. The first kappa shape index (κ1) is 22.4. The van der Waals surface area contributed by atoms with Crippen LogP contribution in [0.4, 0.5) is 5.82 Å². The minimum Gasteiger partial charge on any atom is -0.361 e. The molecule has 1 fully saturated rings. The Morgan fingerprint density at radius 2 is 1.84 bits per heavy atom. The topological polar surface area (TPSA) is 79.1 Å². The molecule has 1 aliphatic rings. The normalized spacial score (nSPS) is 14.2. The first-order chi connectivity index (χ1) is 15.6. The highest BCUT2D eigenvalue weighted by atomic mass is 16.5. The lowest BCUT2D eigenvalue weighted by Gasteiger charge is -2.30. The average molecular weight is 435 g/mol. The Bertz CT molecular complexity index is 1040. The Kier molecular flexibility index (Phi) is 7.17. The molecule has 3 aromatic rings. The smallest absolute Gasteiger partial charge is 0.162 e. The molecular weight excluding hydrogens is 400 g/mol. The van der Waals surface area contributed by atoms with Crippen molar-refractivity contribution in [3.8, 4) is 22.6 Å². The SMILES string of the molecule is CNCCNCc1cccc(-c2nc(-c3c(C)noc3C)c(C)c(N3CCCCC3)n2)c1. The van der Waals surface area contributed by atoms with Crippen LogP contribution in [0.5, 0.6) is 0 Å². The van der Waals surface area contributed by atoms with Crippen LogP contribution in [0.1, 0.15) is 41.8 Å². The molecular formula is C25H34N6O. The van der Waals surface area contributed by atoms with Crippen molar-refractivity contribution in [1.29, 1.82) is 0 Å². The van der Waals surface area contributed by atoms with Crippen LogP contribution in [0.3, 0.4) is 0 Å². The zero-order valence-electron chi connectivity index (χ0n) is 19.7. The van der Waals surface area contributed by atoms with Crippen LogP contribution >= 0.6 is 0 Å². The maximum atomic E-state index is 5.48. The van der Waals surface area contributed by atoms with E-state index >= 15 is 0 Å². The van der Waals surface area contributed by atoms with Gasteiger partial charge in [0, 0.05) is 43.9 Å². The molecule has 1 aliphatic heterocycles. The van der Waals surface area contributed by atoms with Gasteiger partial charge in [-0.1, -0.05) is 23.4 Å². The van der Waals surface area contributed by atoms with E-state index in [9.17, 15) is 0 Å². The number of hydrogen-bond acceptors (Lipinski definition) is 7. The molecule has 32 heavy (non-hydrogen) atoms. The molecule has 2 aromatic heterocycles. The molecule has 0 radical (unpaired) electrons. The highest BCUT2D eigenvalue weighted by molar-refractivity contribution is 5.74. The van der Waals surface area contributed by atoms with Crippen molar-refractivity contribution in [2.24, 2.45) is 0 Å². The summed E-state index contributed by atoms with van der Waals surface area (Å²) >= 11 is 0. The molecule has 7 heteroatoms. The highest BCUT2D eigenvalue weighted by Crippen LogP contribution is 2.35. The summed E-state index contributed by atoms with van der Waals surface area (Å²) < 4.78 is 5.48. The van der Waals surface area contributed by atoms with Gasteiger partial charge in [-0.2, -0.15) is 0 Å². The van der Waals surface area contributed by atoms with E-state index in [-0.39, 0.29) is 0 Å². The number of rotatable bonds is 8. The second-order valence-corrected chi connectivity index (χ2v) is 8.57. The van der Waals surface area contributed by atoms with Gasteiger partial charge >= 0.3 is 0 Å². The van der Waals surface area contributed by atoms with Crippen molar-refractivity contribution in [3.05, 3.63) is 46.8 Å². The van der Waals surface area contributed by atoms with Gasteiger partial charge in [0.25, 0.3) is 0 Å². The number of nitrogens with zero attached hydrogens (tertiary/aromatic N) is 4. The number of anilines is 1.